The Morgan fingerprint density at radius 1 is 0.517 bits per heavy atom. The van der Waals surface area contributed by atoms with Crippen molar-refractivity contribution in [3.05, 3.63) is 151 Å². The summed E-state index contributed by atoms with van der Waals surface area (Å²) in [5.74, 6) is 0.976. The standard InChI is InChI=1S/C35H37N5O3S2.C32H38N6O4/c1-22-19-26(20-23(2)32(22)36-24(3)41)35-37-33(34(44-35)25-13-15-28(16-14-25)39(4)5)30-18-17-29(40(6)7)21-31(30)45(42,43)38-27-11-9-8-10-12-27;1-19(39)33-26-18-24(37(5)6)14-15-25(26)29-31(21-10-12-23(13-11-21)36(3)4)38(7)32(35-29)22-16-27(41-8)30(34-20(2)40)28(17-22)42-9/h8-21,38H,1-7H3,(H,36,41);10-18H,1-9H3,(H,33,39)(H,34,40). The number of aryl methyl sites for hydroxylation is 2. The lowest BCUT2D eigenvalue weighted by atomic mass is 10.0. The third-order valence-corrected chi connectivity index (χ3v) is 16.9. The summed E-state index contributed by atoms with van der Waals surface area (Å²) in [6.07, 6.45) is 0. The second kappa shape index (κ2) is 26.7. The third kappa shape index (κ3) is 14.4. The molecule has 2 heterocycles. The van der Waals surface area contributed by atoms with Crippen molar-refractivity contribution >= 4 is 84.6 Å². The van der Waals surface area contributed by atoms with Crippen LogP contribution in [0.25, 0.3) is 66.2 Å². The number of benzene rings is 7. The molecule has 0 saturated carbocycles. The van der Waals surface area contributed by atoms with Crippen LogP contribution in [0, 0.1) is 13.8 Å². The van der Waals surface area contributed by atoms with Gasteiger partial charge in [0, 0.05) is 146 Å². The predicted molar refractivity (Wildman–Crippen MR) is 358 cm³/mol. The van der Waals surface area contributed by atoms with E-state index in [0.717, 1.165) is 83.0 Å². The van der Waals surface area contributed by atoms with E-state index in [4.69, 9.17) is 19.4 Å². The lowest BCUT2D eigenvalue weighted by Crippen LogP contribution is -2.16. The molecule has 0 spiro atoms. The molecule has 0 aliphatic carbocycles. The van der Waals surface area contributed by atoms with Crippen molar-refractivity contribution in [3.63, 3.8) is 0 Å². The molecule has 7 aromatic carbocycles. The molecule has 0 fully saturated rings. The molecule has 9 rings (SSSR count). The van der Waals surface area contributed by atoms with E-state index in [1.54, 1.807) is 30.3 Å². The first-order chi connectivity index (χ1) is 41.3. The monoisotopic (exact) mass is 1210 g/mol. The first kappa shape index (κ1) is 63.4. The van der Waals surface area contributed by atoms with E-state index in [1.165, 1.54) is 46.3 Å². The van der Waals surface area contributed by atoms with Crippen LogP contribution in [0.3, 0.4) is 0 Å². The van der Waals surface area contributed by atoms with E-state index in [2.05, 4.69) is 44.9 Å². The van der Waals surface area contributed by atoms with Crippen LogP contribution >= 0.6 is 11.3 Å². The van der Waals surface area contributed by atoms with Gasteiger partial charge in [-0.25, -0.2) is 18.4 Å². The molecule has 0 atom stereocenters. The summed E-state index contributed by atoms with van der Waals surface area (Å²) in [7, 11) is 16.7. The molecule has 0 aliphatic heterocycles. The highest BCUT2D eigenvalue weighted by molar-refractivity contribution is 7.92. The van der Waals surface area contributed by atoms with Crippen LogP contribution in [-0.2, 0) is 31.5 Å². The van der Waals surface area contributed by atoms with Crippen LogP contribution in [0.5, 0.6) is 11.5 Å². The Hall–Kier alpha value is -9.66. The number of nitrogens with one attached hydrogen (secondary N) is 4. The Bertz CT molecular complexity index is 4070. The molecule has 452 valence electrons. The number of amides is 3. The van der Waals surface area contributed by atoms with E-state index >= 15 is 0 Å². The topological polar surface area (TPSA) is 196 Å². The van der Waals surface area contributed by atoms with Crippen LogP contribution < -0.4 is 49.7 Å². The van der Waals surface area contributed by atoms with Crippen molar-refractivity contribution in [2.45, 2.75) is 39.5 Å². The first-order valence-electron chi connectivity index (χ1n) is 27.8. The molecule has 18 nitrogen and oxygen atoms in total. The summed E-state index contributed by atoms with van der Waals surface area (Å²) >= 11 is 1.51. The number of carbonyl (C=O) groups excluding carboxylic acids is 3. The maximum absolute atomic E-state index is 14.0. The summed E-state index contributed by atoms with van der Waals surface area (Å²) in [6, 6.07) is 44.3. The Balaban J connectivity index is 0.000000226. The lowest BCUT2D eigenvalue weighted by molar-refractivity contribution is -0.115. The van der Waals surface area contributed by atoms with Crippen molar-refractivity contribution in [1.29, 1.82) is 0 Å². The number of methoxy groups -OCH3 is 2. The zero-order chi connectivity index (χ0) is 63.2. The van der Waals surface area contributed by atoms with Gasteiger partial charge in [0.2, 0.25) is 17.7 Å². The zero-order valence-corrected chi connectivity index (χ0v) is 53.7. The Morgan fingerprint density at radius 2 is 1.00 bits per heavy atom. The summed E-state index contributed by atoms with van der Waals surface area (Å²) in [4.78, 5) is 55.2. The minimum absolute atomic E-state index is 0.132. The largest absolute Gasteiger partial charge is 0.494 e. The Morgan fingerprint density at radius 3 is 1.51 bits per heavy atom. The van der Waals surface area contributed by atoms with E-state index in [1.807, 2.05) is 186 Å². The van der Waals surface area contributed by atoms with Crippen LogP contribution in [0.1, 0.15) is 31.9 Å². The highest BCUT2D eigenvalue weighted by Gasteiger charge is 2.28. The lowest BCUT2D eigenvalue weighted by Gasteiger charge is -2.18. The molecule has 0 saturated heterocycles. The molecule has 2 aromatic heterocycles. The number of para-hydroxylation sites is 1. The number of anilines is 8. The second-order valence-corrected chi connectivity index (χ2v) is 24.4. The predicted octanol–water partition coefficient (Wildman–Crippen LogP) is 13.1. The van der Waals surface area contributed by atoms with Crippen LogP contribution in [-0.4, -0.2) is 111 Å². The van der Waals surface area contributed by atoms with Crippen molar-refractivity contribution in [3.8, 4) is 77.7 Å². The number of ether oxygens (including phenoxy) is 2. The Labute approximate surface area is 514 Å². The summed E-state index contributed by atoms with van der Waals surface area (Å²) in [5.41, 5.74) is 14.9. The number of hydrogen-bond acceptors (Lipinski definition) is 14. The van der Waals surface area contributed by atoms with Gasteiger partial charge in [0.1, 0.15) is 28.0 Å². The minimum Gasteiger partial charge on any atom is -0.494 e. The van der Waals surface area contributed by atoms with Crippen molar-refractivity contribution in [2.24, 2.45) is 7.05 Å². The summed E-state index contributed by atoms with van der Waals surface area (Å²) in [6.45, 7) is 8.33. The molecule has 0 aliphatic rings. The maximum atomic E-state index is 14.0. The minimum atomic E-state index is -4.01. The van der Waals surface area contributed by atoms with Crippen molar-refractivity contribution in [1.82, 2.24) is 14.5 Å². The fourth-order valence-corrected chi connectivity index (χ4v) is 12.3. The maximum Gasteiger partial charge on any atom is 0.262 e. The average Bonchev–Trinajstić information content (AvgIpc) is 1.71. The molecule has 0 unspecified atom stereocenters. The number of thiazole rings is 1. The molecule has 3 amide bonds. The molecule has 4 N–H and O–H groups in total. The molecule has 0 bridgehead atoms. The van der Waals surface area contributed by atoms with Gasteiger partial charge in [-0.2, -0.15) is 0 Å². The molecule has 20 heteroatoms. The van der Waals surface area contributed by atoms with Gasteiger partial charge in [-0.05, 0) is 128 Å². The van der Waals surface area contributed by atoms with Crippen LogP contribution in [0.4, 0.5) is 45.5 Å². The molecular weight excluding hydrogens is 1130 g/mol. The number of imidazole rings is 1. The Kier molecular flexibility index (Phi) is 19.5. The SMILES string of the molecule is CC(=O)Nc1c(C)cc(-c2nc(-c3ccc(N(C)C)cc3S(=O)(=O)Nc3ccccc3)c(-c3ccc(N(C)C)cc3)s2)cc1C.COc1cc(-c2nc(-c3ccc(N(C)C)cc3NC(C)=O)c(-c3ccc(N(C)C)cc3)n2C)cc(OC)c1NC(C)=O. The van der Waals surface area contributed by atoms with Gasteiger partial charge in [-0.3, -0.25) is 19.1 Å². The molecule has 87 heavy (non-hydrogen) atoms. The first-order valence-corrected chi connectivity index (χ1v) is 30.1. The highest BCUT2D eigenvalue weighted by Crippen LogP contribution is 2.46. The van der Waals surface area contributed by atoms with Gasteiger partial charge in [0.25, 0.3) is 10.0 Å². The third-order valence-electron chi connectivity index (χ3n) is 14.3. The number of carbonyl (C=O) groups is 3. The average molecular weight is 1210 g/mol. The van der Waals surface area contributed by atoms with Gasteiger partial charge in [0.15, 0.2) is 0 Å². The molecule has 0 radical (unpaired) electrons. The van der Waals surface area contributed by atoms with Crippen LogP contribution in [0.15, 0.2) is 144 Å². The summed E-state index contributed by atoms with van der Waals surface area (Å²) in [5, 5.41) is 9.46. The van der Waals surface area contributed by atoms with Gasteiger partial charge < -0.3 is 49.6 Å². The van der Waals surface area contributed by atoms with Crippen LogP contribution in [0.2, 0.25) is 0 Å². The van der Waals surface area contributed by atoms with Gasteiger partial charge in [0.05, 0.1) is 46.8 Å². The fourth-order valence-electron chi connectivity index (χ4n) is 9.96. The van der Waals surface area contributed by atoms with E-state index in [-0.39, 0.29) is 22.6 Å². The van der Waals surface area contributed by atoms with E-state index in [9.17, 15) is 22.8 Å². The number of nitrogens with zero attached hydrogens (tertiary/aromatic N) is 7. The normalized spacial score (nSPS) is 11.0. The van der Waals surface area contributed by atoms with E-state index in [0.29, 0.717) is 51.3 Å². The number of rotatable bonds is 18. The zero-order valence-electron chi connectivity index (χ0n) is 52.1. The molecular formula is C67H75N11O7S2. The second-order valence-electron chi connectivity index (χ2n) is 21.7. The smallest absolute Gasteiger partial charge is 0.262 e. The number of hydrogen-bond donors (Lipinski definition) is 4. The number of aromatic nitrogens is 3. The molecule has 9 aromatic rings. The number of sulfonamides is 1. The fraction of sp³-hybridized carbons (Fsp3) is 0.239. The van der Waals surface area contributed by atoms with Gasteiger partial charge >= 0.3 is 0 Å². The highest BCUT2D eigenvalue weighted by atomic mass is 32.2. The van der Waals surface area contributed by atoms with Crippen molar-refractivity contribution < 1.29 is 32.3 Å². The van der Waals surface area contributed by atoms with E-state index < -0.39 is 10.0 Å². The van der Waals surface area contributed by atoms with Gasteiger partial charge in [-0.15, -0.1) is 11.3 Å². The van der Waals surface area contributed by atoms with Gasteiger partial charge in [-0.1, -0.05) is 42.5 Å². The van der Waals surface area contributed by atoms with Crippen molar-refractivity contribution in [2.75, 3.05) is 111 Å². The summed E-state index contributed by atoms with van der Waals surface area (Å²) < 4.78 is 44.1. The quantitative estimate of drug-likeness (QED) is 0.0634.